The highest BCUT2D eigenvalue weighted by molar-refractivity contribution is 9.10. The molecule has 0 saturated carbocycles. The highest BCUT2D eigenvalue weighted by Crippen LogP contribution is 2.17. The predicted octanol–water partition coefficient (Wildman–Crippen LogP) is 2.94. The maximum absolute atomic E-state index is 5.53. The van der Waals surface area contributed by atoms with Crippen LogP contribution in [0.25, 0.3) is 0 Å². The summed E-state index contributed by atoms with van der Waals surface area (Å²) in [5.74, 6) is 0. The van der Waals surface area contributed by atoms with E-state index in [1.54, 1.807) is 0 Å². The quantitative estimate of drug-likeness (QED) is 0.944. The van der Waals surface area contributed by atoms with Crippen molar-refractivity contribution >= 4 is 21.6 Å². The number of aromatic nitrogens is 1. The molecule has 2 aromatic rings. The largest absolute Gasteiger partial charge is 0.369 e. The van der Waals surface area contributed by atoms with Crippen LogP contribution in [0.2, 0.25) is 0 Å². The number of rotatable bonds is 4. The van der Waals surface area contributed by atoms with E-state index in [4.69, 9.17) is 5.73 Å². The third kappa shape index (κ3) is 3.31. The molecule has 0 fully saturated rings. The number of nitrogens with zero attached hydrogens (tertiary/aromatic N) is 2. The van der Waals surface area contributed by atoms with Gasteiger partial charge in [0.05, 0.1) is 17.6 Å². The van der Waals surface area contributed by atoms with Gasteiger partial charge in [-0.1, -0.05) is 28.1 Å². The maximum atomic E-state index is 5.53. The van der Waals surface area contributed by atoms with Crippen molar-refractivity contribution in [1.29, 1.82) is 0 Å². The van der Waals surface area contributed by atoms with Crippen molar-refractivity contribution in [2.45, 2.75) is 13.1 Å². The molecule has 2 rings (SSSR count). The van der Waals surface area contributed by atoms with E-state index in [0.29, 0.717) is 6.54 Å². The van der Waals surface area contributed by atoms with E-state index in [9.17, 15) is 0 Å². The van der Waals surface area contributed by atoms with Crippen molar-refractivity contribution in [3.8, 4) is 0 Å². The lowest BCUT2D eigenvalue weighted by atomic mass is 10.2. The van der Waals surface area contributed by atoms with E-state index in [1.807, 2.05) is 30.5 Å². The Labute approximate surface area is 116 Å². The van der Waals surface area contributed by atoms with Crippen molar-refractivity contribution < 1.29 is 0 Å². The van der Waals surface area contributed by atoms with Gasteiger partial charge in [0.15, 0.2) is 0 Å². The van der Waals surface area contributed by atoms with E-state index >= 15 is 0 Å². The van der Waals surface area contributed by atoms with Gasteiger partial charge in [-0.25, -0.2) is 0 Å². The summed E-state index contributed by atoms with van der Waals surface area (Å²) in [6.45, 7) is 1.33. The van der Waals surface area contributed by atoms with Gasteiger partial charge >= 0.3 is 0 Å². The number of hydrogen-bond acceptors (Lipinski definition) is 3. The zero-order valence-electron chi connectivity index (χ0n) is 10.3. The predicted molar refractivity (Wildman–Crippen MR) is 78.4 cm³/mol. The molecule has 0 aliphatic rings. The van der Waals surface area contributed by atoms with Crippen LogP contribution in [-0.4, -0.2) is 12.0 Å². The monoisotopic (exact) mass is 305 g/mol. The first-order valence-corrected chi connectivity index (χ1v) is 6.59. The van der Waals surface area contributed by atoms with E-state index in [1.165, 1.54) is 5.56 Å². The number of pyridine rings is 1. The molecular formula is C14H16BrN3. The minimum absolute atomic E-state index is 0.482. The lowest BCUT2D eigenvalue weighted by Gasteiger charge is -2.19. The highest BCUT2D eigenvalue weighted by Gasteiger charge is 2.03. The lowest BCUT2D eigenvalue weighted by Crippen LogP contribution is -2.16. The van der Waals surface area contributed by atoms with Gasteiger partial charge in [-0.15, -0.1) is 0 Å². The minimum Gasteiger partial charge on any atom is -0.369 e. The van der Waals surface area contributed by atoms with Crippen LogP contribution < -0.4 is 10.6 Å². The Morgan fingerprint density at radius 3 is 2.72 bits per heavy atom. The number of nitrogens with two attached hydrogens (primary N) is 1. The first-order valence-electron chi connectivity index (χ1n) is 5.79. The molecular weight excluding hydrogens is 290 g/mol. The SMILES string of the molecule is CN(Cc1cccc(Br)c1)c1ccc(CN)nc1. The van der Waals surface area contributed by atoms with E-state index < -0.39 is 0 Å². The second-order valence-corrected chi connectivity index (χ2v) is 5.11. The molecule has 0 bridgehead atoms. The van der Waals surface area contributed by atoms with Crippen molar-refractivity contribution in [2.24, 2.45) is 5.73 Å². The molecule has 0 aliphatic heterocycles. The van der Waals surface area contributed by atoms with Crippen LogP contribution in [0.15, 0.2) is 47.1 Å². The Kier molecular flexibility index (Phi) is 4.33. The molecule has 0 unspecified atom stereocenters. The molecule has 0 radical (unpaired) electrons. The summed E-state index contributed by atoms with van der Waals surface area (Å²) in [6, 6.07) is 12.3. The topological polar surface area (TPSA) is 42.1 Å². The molecule has 1 aromatic heterocycles. The van der Waals surface area contributed by atoms with Crippen LogP contribution in [0.5, 0.6) is 0 Å². The van der Waals surface area contributed by atoms with Gasteiger partial charge in [-0.2, -0.15) is 0 Å². The van der Waals surface area contributed by atoms with Crippen LogP contribution >= 0.6 is 15.9 Å². The molecule has 4 heteroatoms. The number of benzene rings is 1. The molecule has 3 nitrogen and oxygen atoms in total. The van der Waals surface area contributed by atoms with Crippen molar-refractivity contribution in [3.63, 3.8) is 0 Å². The third-order valence-electron chi connectivity index (χ3n) is 2.77. The van der Waals surface area contributed by atoms with Crippen LogP contribution in [0.1, 0.15) is 11.3 Å². The lowest BCUT2D eigenvalue weighted by molar-refractivity contribution is 0.907. The van der Waals surface area contributed by atoms with Gasteiger partial charge in [-0.3, -0.25) is 4.98 Å². The first kappa shape index (κ1) is 13.1. The summed E-state index contributed by atoms with van der Waals surface area (Å²) in [5.41, 5.74) is 8.80. The van der Waals surface area contributed by atoms with Crippen LogP contribution in [0.3, 0.4) is 0 Å². The molecule has 0 spiro atoms. The fourth-order valence-corrected chi connectivity index (χ4v) is 2.21. The minimum atomic E-state index is 0.482. The Hall–Kier alpha value is -1.39. The van der Waals surface area contributed by atoms with Gasteiger partial charge in [0, 0.05) is 24.6 Å². The van der Waals surface area contributed by atoms with Gasteiger partial charge in [0.2, 0.25) is 0 Å². The zero-order valence-corrected chi connectivity index (χ0v) is 11.9. The number of anilines is 1. The van der Waals surface area contributed by atoms with Gasteiger partial charge in [-0.05, 0) is 29.8 Å². The van der Waals surface area contributed by atoms with E-state index in [2.05, 4.69) is 45.0 Å². The average Bonchev–Trinajstić information content (AvgIpc) is 2.39. The summed E-state index contributed by atoms with van der Waals surface area (Å²) >= 11 is 3.48. The van der Waals surface area contributed by atoms with Gasteiger partial charge in [0.1, 0.15) is 0 Å². The highest BCUT2D eigenvalue weighted by atomic mass is 79.9. The molecule has 0 atom stereocenters. The summed E-state index contributed by atoms with van der Waals surface area (Å²) in [6.07, 6.45) is 1.86. The van der Waals surface area contributed by atoms with Crippen LogP contribution in [0, 0.1) is 0 Å². The molecule has 1 aromatic carbocycles. The van der Waals surface area contributed by atoms with Gasteiger partial charge < -0.3 is 10.6 Å². The Morgan fingerprint density at radius 1 is 1.28 bits per heavy atom. The summed E-state index contributed by atoms with van der Waals surface area (Å²) in [7, 11) is 2.06. The summed E-state index contributed by atoms with van der Waals surface area (Å²) in [4.78, 5) is 6.46. The van der Waals surface area contributed by atoms with Crippen LogP contribution in [0.4, 0.5) is 5.69 Å². The summed E-state index contributed by atoms with van der Waals surface area (Å²) in [5, 5.41) is 0. The fourth-order valence-electron chi connectivity index (χ4n) is 1.76. The molecule has 0 aliphatic carbocycles. The molecule has 0 saturated heterocycles. The second-order valence-electron chi connectivity index (χ2n) is 4.20. The number of hydrogen-bond donors (Lipinski definition) is 1. The van der Waals surface area contributed by atoms with Gasteiger partial charge in [0.25, 0.3) is 0 Å². The van der Waals surface area contributed by atoms with Crippen molar-refractivity contribution in [2.75, 3.05) is 11.9 Å². The molecule has 1 heterocycles. The normalized spacial score (nSPS) is 10.4. The molecule has 18 heavy (non-hydrogen) atoms. The van der Waals surface area contributed by atoms with Crippen molar-refractivity contribution in [1.82, 2.24) is 4.98 Å². The van der Waals surface area contributed by atoms with E-state index in [0.717, 1.165) is 22.4 Å². The maximum Gasteiger partial charge on any atom is 0.0553 e. The third-order valence-corrected chi connectivity index (χ3v) is 3.26. The van der Waals surface area contributed by atoms with Crippen molar-refractivity contribution in [3.05, 3.63) is 58.3 Å². The first-order chi connectivity index (χ1) is 8.69. The Morgan fingerprint density at radius 2 is 2.11 bits per heavy atom. The Balaban J connectivity index is 2.09. The van der Waals surface area contributed by atoms with Crippen LogP contribution in [-0.2, 0) is 13.1 Å². The average molecular weight is 306 g/mol. The molecule has 2 N–H and O–H groups in total. The molecule has 0 amide bonds. The molecule has 94 valence electrons. The second kappa shape index (κ2) is 5.98. The summed E-state index contributed by atoms with van der Waals surface area (Å²) < 4.78 is 1.10. The van der Waals surface area contributed by atoms with E-state index in [-0.39, 0.29) is 0 Å². The smallest absolute Gasteiger partial charge is 0.0553 e. The Bertz CT molecular complexity index is 511. The fraction of sp³-hybridized carbons (Fsp3) is 0.214. The zero-order chi connectivity index (χ0) is 13.0. The standard InChI is InChI=1S/C14H16BrN3/c1-18(10-11-3-2-4-12(15)7-11)14-6-5-13(8-16)17-9-14/h2-7,9H,8,10,16H2,1H3. The number of halogens is 1.